The molecule has 0 amide bonds. The number of aliphatic carboxylic acids is 1. The van der Waals surface area contributed by atoms with Gasteiger partial charge in [-0.3, -0.25) is 4.79 Å². The summed E-state index contributed by atoms with van der Waals surface area (Å²) in [6, 6.07) is -0.948. The van der Waals surface area contributed by atoms with Crippen LogP contribution in [0.4, 0.5) is 0 Å². The summed E-state index contributed by atoms with van der Waals surface area (Å²) < 4.78 is 31.0. The molecule has 0 aromatic rings. The number of nitrogens with zero attached hydrogens (tertiary/aromatic N) is 1. The number of carboxylic acid groups (broad SMARTS) is 1. The van der Waals surface area contributed by atoms with Crippen molar-refractivity contribution in [2.75, 3.05) is 18.1 Å². The number of carbonyl (C=O) groups is 1. The summed E-state index contributed by atoms with van der Waals surface area (Å²) in [7, 11) is -3.58. The number of carboxylic acids is 1. The molecule has 0 aliphatic carbocycles. The molecule has 2 aliphatic rings. The average Bonchev–Trinajstić information content (AvgIpc) is 2.86. The summed E-state index contributed by atoms with van der Waals surface area (Å²) in [4.78, 5) is 11.1. The minimum Gasteiger partial charge on any atom is -0.480 e. The summed E-state index contributed by atoms with van der Waals surface area (Å²) >= 11 is 1.35. The predicted molar refractivity (Wildman–Crippen MR) is 67.9 cm³/mol. The van der Waals surface area contributed by atoms with Crippen molar-refractivity contribution < 1.29 is 23.1 Å². The van der Waals surface area contributed by atoms with Crippen molar-refractivity contribution in [1.29, 1.82) is 0 Å². The van der Waals surface area contributed by atoms with Gasteiger partial charge in [-0.15, -0.1) is 11.8 Å². The fraction of sp³-hybridized carbons (Fsp3) is 0.900. The van der Waals surface area contributed by atoms with E-state index in [9.17, 15) is 13.2 Å². The fourth-order valence-corrected chi connectivity index (χ4v) is 5.97. The number of ether oxygens (including phenoxy) is 1. The van der Waals surface area contributed by atoms with E-state index in [1.807, 2.05) is 0 Å². The Morgan fingerprint density at radius 3 is 2.83 bits per heavy atom. The Labute approximate surface area is 111 Å². The van der Waals surface area contributed by atoms with Crippen molar-refractivity contribution in [3.63, 3.8) is 0 Å². The molecule has 3 atom stereocenters. The van der Waals surface area contributed by atoms with E-state index in [2.05, 4.69) is 0 Å². The molecular formula is C10H17NO5S2. The molecule has 0 saturated carbocycles. The first-order valence-corrected chi connectivity index (χ1v) is 8.55. The Morgan fingerprint density at radius 1 is 1.56 bits per heavy atom. The molecule has 104 valence electrons. The molecule has 6 nitrogen and oxygen atoms in total. The van der Waals surface area contributed by atoms with Crippen molar-refractivity contribution in [2.45, 2.75) is 37.3 Å². The van der Waals surface area contributed by atoms with E-state index in [0.29, 0.717) is 12.4 Å². The SMILES string of the molecule is CC1SCC(C(=O)O)N1S(=O)(=O)CC1CCCO1. The second kappa shape index (κ2) is 5.36. The first-order valence-electron chi connectivity index (χ1n) is 5.89. The number of sulfonamides is 1. The van der Waals surface area contributed by atoms with Gasteiger partial charge in [-0.1, -0.05) is 0 Å². The molecule has 3 unspecified atom stereocenters. The van der Waals surface area contributed by atoms with E-state index in [1.165, 1.54) is 11.8 Å². The predicted octanol–water partition coefficient (Wildman–Crippen LogP) is 0.343. The molecule has 0 radical (unpaired) electrons. The largest absolute Gasteiger partial charge is 0.480 e. The Balaban J connectivity index is 2.13. The molecule has 0 aromatic heterocycles. The Morgan fingerprint density at radius 2 is 2.28 bits per heavy atom. The van der Waals surface area contributed by atoms with Crippen LogP contribution in [0, 0.1) is 0 Å². The van der Waals surface area contributed by atoms with Gasteiger partial charge in [0.15, 0.2) is 0 Å². The van der Waals surface area contributed by atoms with Gasteiger partial charge in [0.1, 0.15) is 6.04 Å². The number of hydrogen-bond acceptors (Lipinski definition) is 5. The summed E-state index contributed by atoms with van der Waals surface area (Å²) in [6.45, 7) is 2.31. The topological polar surface area (TPSA) is 83.9 Å². The summed E-state index contributed by atoms with van der Waals surface area (Å²) in [5.74, 6) is -0.883. The van der Waals surface area contributed by atoms with Crippen LogP contribution in [0.25, 0.3) is 0 Å². The third-order valence-electron chi connectivity index (χ3n) is 3.19. The molecule has 8 heteroatoms. The van der Waals surface area contributed by atoms with Crippen LogP contribution in [-0.2, 0) is 19.6 Å². The molecule has 2 aliphatic heterocycles. The smallest absolute Gasteiger partial charge is 0.322 e. The molecule has 2 saturated heterocycles. The van der Waals surface area contributed by atoms with Crippen LogP contribution >= 0.6 is 11.8 Å². The maximum Gasteiger partial charge on any atom is 0.322 e. The normalized spacial score (nSPS) is 33.9. The van der Waals surface area contributed by atoms with E-state index in [1.54, 1.807) is 6.92 Å². The highest BCUT2D eigenvalue weighted by molar-refractivity contribution is 8.01. The molecule has 0 bridgehead atoms. The second-order valence-electron chi connectivity index (χ2n) is 4.53. The maximum atomic E-state index is 12.3. The Hall–Kier alpha value is -0.310. The third-order valence-corrected chi connectivity index (χ3v) is 6.54. The molecule has 1 N–H and O–H groups in total. The second-order valence-corrected chi connectivity index (χ2v) is 7.80. The van der Waals surface area contributed by atoms with Crippen molar-refractivity contribution >= 4 is 27.8 Å². The number of thioether (sulfide) groups is 1. The highest BCUT2D eigenvalue weighted by atomic mass is 32.2. The lowest BCUT2D eigenvalue weighted by Gasteiger charge is -2.25. The lowest BCUT2D eigenvalue weighted by Crippen LogP contribution is -2.47. The summed E-state index contributed by atoms with van der Waals surface area (Å²) in [5.41, 5.74) is 0. The lowest BCUT2D eigenvalue weighted by molar-refractivity contribution is -0.140. The van der Waals surface area contributed by atoms with Crippen molar-refractivity contribution in [3.05, 3.63) is 0 Å². The number of hydrogen-bond donors (Lipinski definition) is 1. The zero-order valence-corrected chi connectivity index (χ0v) is 11.7. The van der Waals surface area contributed by atoms with E-state index in [-0.39, 0.29) is 17.2 Å². The summed E-state index contributed by atoms with van der Waals surface area (Å²) in [5, 5.41) is 8.75. The maximum absolute atomic E-state index is 12.3. The summed E-state index contributed by atoms with van der Waals surface area (Å²) in [6.07, 6.45) is 1.31. The van der Waals surface area contributed by atoms with E-state index in [4.69, 9.17) is 9.84 Å². The monoisotopic (exact) mass is 295 g/mol. The molecule has 18 heavy (non-hydrogen) atoms. The molecule has 0 aromatic carbocycles. The van der Waals surface area contributed by atoms with Crippen LogP contribution in [0.3, 0.4) is 0 Å². The van der Waals surface area contributed by atoms with E-state index >= 15 is 0 Å². The van der Waals surface area contributed by atoms with Crippen LogP contribution in [0.15, 0.2) is 0 Å². The van der Waals surface area contributed by atoms with Gasteiger partial charge in [0, 0.05) is 12.4 Å². The fourth-order valence-electron chi connectivity index (χ4n) is 2.33. The Kier molecular flexibility index (Phi) is 4.20. The van der Waals surface area contributed by atoms with Crippen LogP contribution in [0.5, 0.6) is 0 Å². The van der Waals surface area contributed by atoms with Gasteiger partial charge in [0.25, 0.3) is 0 Å². The highest BCUT2D eigenvalue weighted by Gasteiger charge is 2.44. The standard InChI is InChI=1S/C10H17NO5S2/c1-7-11(9(5-17-7)10(12)13)18(14,15)6-8-3-2-4-16-8/h7-9H,2-6H2,1H3,(H,12,13). The molecule has 2 fully saturated rings. The highest BCUT2D eigenvalue weighted by Crippen LogP contribution is 2.32. The van der Waals surface area contributed by atoms with Gasteiger partial charge in [-0.2, -0.15) is 4.31 Å². The first-order chi connectivity index (χ1) is 8.42. The molecular weight excluding hydrogens is 278 g/mol. The molecule has 0 spiro atoms. The zero-order chi connectivity index (χ0) is 13.3. The van der Waals surface area contributed by atoms with Crippen LogP contribution < -0.4 is 0 Å². The van der Waals surface area contributed by atoms with Gasteiger partial charge in [0.05, 0.1) is 17.2 Å². The van der Waals surface area contributed by atoms with Gasteiger partial charge in [0.2, 0.25) is 10.0 Å². The van der Waals surface area contributed by atoms with E-state index < -0.39 is 22.0 Å². The Bertz CT molecular complexity index is 418. The molecule has 2 rings (SSSR count). The van der Waals surface area contributed by atoms with Crippen LogP contribution in [0.2, 0.25) is 0 Å². The third kappa shape index (κ3) is 2.81. The van der Waals surface area contributed by atoms with Gasteiger partial charge < -0.3 is 9.84 Å². The molecule has 2 heterocycles. The van der Waals surface area contributed by atoms with E-state index in [0.717, 1.165) is 17.1 Å². The number of rotatable bonds is 4. The average molecular weight is 295 g/mol. The minimum absolute atomic E-state index is 0.109. The van der Waals surface area contributed by atoms with Gasteiger partial charge >= 0.3 is 5.97 Å². The van der Waals surface area contributed by atoms with Gasteiger partial charge in [-0.05, 0) is 19.8 Å². The quantitative estimate of drug-likeness (QED) is 0.805. The van der Waals surface area contributed by atoms with Crippen molar-refractivity contribution in [2.24, 2.45) is 0 Å². The first kappa shape index (κ1) is 14.1. The lowest BCUT2D eigenvalue weighted by atomic mass is 10.3. The van der Waals surface area contributed by atoms with Crippen molar-refractivity contribution in [1.82, 2.24) is 4.31 Å². The zero-order valence-electron chi connectivity index (χ0n) is 10.1. The van der Waals surface area contributed by atoms with Crippen molar-refractivity contribution in [3.8, 4) is 0 Å². The van der Waals surface area contributed by atoms with Crippen LogP contribution in [-0.4, -0.2) is 59.4 Å². The van der Waals surface area contributed by atoms with Gasteiger partial charge in [-0.25, -0.2) is 8.42 Å². The minimum atomic E-state index is -3.58. The van der Waals surface area contributed by atoms with Crippen LogP contribution in [0.1, 0.15) is 19.8 Å².